The average Bonchev–Trinajstić information content (AvgIpc) is 3.32. The number of nitrogens with zero attached hydrogens (tertiary/aromatic N) is 2. The molecule has 148 valence electrons. The van der Waals surface area contributed by atoms with E-state index < -0.39 is 15.9 Å². The third-order valence-corrected chi connectivity index (χ3v) is 5.16. The van der Waals surface area contributed by atoms with Gasteiger partial charge in [0.2, 0.25) is 5.91 Å². The second-order valence-corrected chi connectivity index (χ2v) is 8.42. The minimum Gasteiger partial charge on any atom is -0.355 e. The van der Waals surface area contributed by atoms with E-state index in [1.807, 2.05) is 0 Å². The van der Waals surface area contributed by atoms with Crippen molar-refractivity contribution in [3.05, 3.63) is 0 Å². The van der Waals surface area contributed by atoms with Gasteiger partial charge >= 0.3 is 0 Å². The lowest BCUT2D eigenvalue weighted by atomic mass is 9.98. The van der Waals surface area contributed by atoms with Crippen molar-refractivity contribution < 1.29 is 17.8 Å². The van der Waals surface area contributed by atoms with E-state index in [1.165, 1.54) is 12.8 Å². The monoisotopic (exact) mass is 385 g/mol. The Bertz CT molecular complexity index is 590. The van der Waals surface area contributed by atoms with Crippen LogP contribution in [0.2, 0.25) is 0 Å². The fourth-order valence-corrected chi connectivity index (χ4v) is 3.21. The molecule has 2 N–H and O–H groups in total. The van der Waals surface area contributed by atoms with Gasteiger partial charge in [0.15, 0.2) is 5.66 Å². The molecule has 1 aliphatic heterocycles. The lowest BCUT2D eigenvalue weighted by molar-refractivity contribution is -0.121. The Morgan fingerprint density at radius 2 is 1.58 bits per heavy atom. The number of nitrogens with one attached hydrogen (secondary N) is 1. The molecule has 0 fully saturated rings. The van der Waals surface area contributed by atoms with Crippen molar-refractivity contribution in [1.29, 1.82) is 0 Å². The summed E-state index contributed by atoms with van der Waals surface area (Å²) in [4.78, 5) is 11.5. The molecular weight excluding hydrogens is 354 g/mol. The van der Waals surface area contributed by atoms with Crippen molar-refractivity contribution in [2.75, 3.05) is 12.3 Å². The average molecular weight is 386 g/mol. The molecule has 0 saturated carbocycles. The minimum atomic E-state index is -4.01. The molecule has 1 heterocycles. The maximum absolute atomic E-state index is 11.5. The number of hydrogen-bond donors (Lipinski definition) is 2. The number of unbranched alkanes of at least 4 members (excludes halogenated alkanes) is 7. The van der Waals surface area contributed by atoms with Crippen LogP contribution >= 0.6 is 0 Å². The number of terminal acetylenes is 1. The topological polar surface area (TPSA) is 108 Å². The van der Waals surface area contributed by atoms with Crippen LogP contribution in [0.1, 0.15) is 77.0 Å². The first-order chi connectivity index (χ1) is 12.4. The molecule has 1 amide bonds. The lowest BCUT2D eigenvalue weighted by Gasteiger charge is -2.09. The number of hydrogen-bond acceptors (Lipinski definition) is 5. The van der Waals surface area contributed by atoms with Crippen LogP contribution in [0.3, 0.4) is 0 Å². The largest absolute Gasteiger partial charge is 0.355 e. The molecule has 0 bridgehead atoms. The van der Waals surface area contributed by atoms with Crippen LogP contribution in [-0.2, 0) is 14.9 Å². The summed E-state index contributed by atoms with van der Waals surface area (Å²) in [5.74, 6) is 2.04. The zero-order valence-electron chi connectivity index (χ0n) is 15.5. The zero-order valence-corrected chi connectivity index (χ0v) is 16.3. The molecule has 0 radical (unpaired) electrons. The zero-order chi connectivity index (χ0) is 19.3. The molecule has 0 saturated heterocycles. The van der Waals surface area contributed by atoms with Crippen LogP contribution in [0, 0.1) is 12.3 Å². The van der Waals surface area contributed by atoms with Gasteiger partial charge in [-0.05, 0) is 32.1 Å². The van der Waals surface area contributed by atoms with Gasteiger partial charge in [-0.25, -0.2) is 0 Å². The van der Waals surface area contributed by atoms with Crippen LogP contribution in [0.25, 0.3) is 0 Å². The van der Waals surface area contributed by atoms with E-state index >= 15 is 0 Å². The molecule has 0 aromatic rings. The minimum absolute atomic E-state index is 0.0412. The second kappa shape index (κ2) is 12.0. The molecule has 7 nitrogen and oxygen atoms in total. The third kappa shape index (κ3) is 12.0. The van der Waals surface area contributed by atoms with Gasteiger partial charge in [-0.1, -0.05) is 32.1 Å². The first kappa shape index (κ1) is 22.6. The molecule has 0 atom stereocenters. The first-order valence-electron chi connectivity index (χ1n) is 9.46. The van der Waals surface area contributed by atoms with Gasteiger partial charge in [0, 0.05) is 19.4 Å². The van der Waals surface area contributed by atoms with Gasteiger partial charge in [0.1, 0.15) is 0 Å². The molecular formula is C18H31N3O4S. The number of amides is 1. The van der Waals surface area contributed by atoms with Crippen molar-refractivity contribution in [2.45, 2.75) is 82.7 Å². The summed E-state index contributed by atoms with van der Waals surface area (Å²) in [6, 6.07) is 0. The first-order valence-corrected chi connectivity index (χ1v) is 11.1. The SMILES string of the molecule is C#CCCCC1(CCCCCCCCCC(=O)NCCS(=O)(=O)O)N=N1. The fourth-order valence-electron chi connectivity index (χ4n) is 2.85. The third-order valence-electron chi connectivity index (χ3n) is 4.44. The highest BCUT2D eigenvalue weighted by Crippen LogP contribution is 2.38. The van der Waals surface area contributed by atoms with Crippen molar-refractivity contribution in [2.24, 2.45) is 10.2 Å². The normalized spacial score (nSPS) is 14.8. The predicted molar refractivity (Wildman–Crippen MR) is 101 cm³/mol. The van der Waals surface area contributed by atoms with E-state index in [1.54, 1.807) is 0 Å². The van der Waals surface area contributed by atoms with E-state index in [-0.39, 0.29) is 18.1 Å². The van der Waals surface area contributed by atoms with E-state index in [9.17, 15) is 13.2 Å². The molecule has 8 heteroatoms. The van der Waals surface area contributed by atoms with Gasteiger partial charge < -0.3 is 5.32 Å². The summed E-state index contributed by atoms with van der Waals surface area (Å²) in [5, 5.41) is 10.9. The summed E-state index contributed by atoms with van der Waals surface area (Å²) >= 11 is 0. The van der Waals surface area contributed by atoms with Gasteiger partial charge in [-0.3, -0.25) is 9.35 Å². The second-order valence-electron chi connectivity index (χ2n) is 6.85. The number of rotatable bonds is 16. The summed E-state index contributed by atoms with van der Waals surface area (Å²) in [5.41, 5.74) is -0.112. The molecule has 26 heavy (non-hydrogen) atoms. The van der Waals surface area contributed by atoms with Gasteiger partial charge in [0.25, 0.3) is 10.1 Å². The van der Waals surface area contributed by atoms with Crippen LogP contribution in [0.4, 0.5) is 0 Å². The van der Waals surface area contributed by atoms with Crippen LogP contribution < -0.4 is 5.32 Å². The molecule has 0 aliphatic carbocycles. The number of carbonyl (C=O) groups is 1. The van der Waals surface area contributed by atoms with E-state index in [2.05, 4.69) is 21.5 Å². The van der Waals surface area contributed by atoms with E-state index in [4.69, 9.17) is 11.0 Å². The molecule has 1 aliphatic rings. The molecule has 0 spiro atoms. The Balaban J connectivity index is 1.86. The van der Waals surface area contributed by atoms with E-state index in [0.717, 1.165) is 57.8 Å². The summed E-state index contributed by atoms with van der Waals surface area (Å²) in [6.07, 6.45) is 17.0. The summed E-state index contributed by atoms with van der Waals surface area (Å²) in [6.45, 7) is -0.0412. The molecule has 1 rings (SSSR count). The highest BCUT2D eigenvalue weighted by Gasteiger charge is 2.38. The lowest BCUT2D eigenvalue weighted by Crippen LogP contribution is -2.28. The molecule has 0 aromatic heterocycles. The Kier molecular flexibility index (Phi) is 10.4. The highest BCUT2D eigenvalue weighted by atomic mass is 32.2. The van der Waals surface area contributed by atoms with Gasteiger partial charge in [-0.2, -0.15) is 18.6 Å². The van der Waals surface area contributed by atoms with Crippen molar-refractivity contribution in [1.82, 2.24) is 5.32 Å². The Labute approximate surface area is 157 Å². The van der Waals surface area contributed by atoms with Crippen molar-refractivity contribution >= 4 is 16.0 Å². The van der Waals surface area contributed by atoms with Crippen LogP contribution in [0.15, 0.2) is 10.2 Å². The van der Waals surface area contributed by atoms with Gasteiger partial charge in [-0.15, -0.1) is 12.3 Å². The van der Waals surface area contributed by atoms with Crippen LogP contribution in [0.5, 0.6) is 0 Å². The molecule has 0 unspecified atom stereocenters. The number of carbonyl (C=O) groups excluding carboxylic acids is 1. The Hall–Kier alpha value is -1.46. The summed E-state index contributed by atoms with van der Waals surface area (Å²) < 4.78 is 29.6. The van der Waals surface area contributed by atoms with Crippen molar-refractivity contribution in [3.8, 4) is 12.3 Å². The van der Waals surface area contributed by atoms with Crippen LogP contribution in [-0.4, -0.2) is 36.8 Å². The maximum atomic E-state index is 11.5. The Morgan fingerprint density at radius 1 is 1.00 bits per heavy atom. The predicted octanol–water partition coefficient (Wildman–Crippen LogP) is 3.47. The van der Waals surface area contributed by atoms with Gasteiger partial charge in [0.05, 0.1) is 5.75 Å². The quantitative estimate of drug-likeness (QED) is 0.241. The van der Waals surface area contributed by atoms with E-state index in [0.29, 0.717) is 6.42 Å². The van der Waals surface area contributed by atoms with Crippen molar-refractivity contribution in [3.63, 3.8) is 0 Å². The molecule has 0 aromatic carbocycles. The highest BCUT2D eigenvalue weighted by molar-refractivity contribution is 7.85. The summed E-state index contributed by atoms with van der Waals surface area (Å²) in [7, 11) is -4.01. The maximum Gasteiger partial charge on any atom is 0.266 e. The Morgan fingerprint density at radius 3 is 2.15 bits per heavy atom. The standard InChI is InChI=1S/C18H31N3O4S/c1-2-3-10-13-18(20-21-18)14-11-8-6-4-5-7-9-12-17(22)19-15-16-26(23,24)25/h1H,3-16H2,(H,19,22)(H,23,24,25). The smallest absolute Gasteiger partial charge is 0.266 e. The fraction of sp³-hybridized carbons (Fsp3) is 0.833.